The molecule has 0 radical (unpaired) electrons. The Labute approximate surface area is 126 Å². The number of hydrogen-bond acceptors (Lipinski definition) is 2. The predicted molar refractivity (Wildman–Crippen MR) is 84.2 cm³/mol. The molecular formula is C16H22ClN3. The first kappa shape index (κ1) is 15.1. The number of nitrogens with zero attached hydrogens (tertiary/aromatic N) is 2. The van der Waals surface area contributed by atoms with E-state index in [0.717, 1.165) is 35.9 Å². The third kappa shape index (κ3) is 3.41. The van der Waals surface area contributed by atoms with Crippen LogP contribution in [0.4, 0.5) is 0 Å². The molecule has 0 aliphatic rings. The molecule has 1 aromatic heterocycles. The van der Waals surface area contributed by atoms with E-state index in [1.807, 2.05) is 18.5 Å². The van der Waals surface area contributed by atoms with E-state index in [9.17, 15) is 0 Å². The molecule has 2 rings (SSSR count). The van der Waals surface area contributed by atoms with E-state index in [4.69, 9.17) is 11.6 Å². The molecule has 1 heterocycles. The Morgan fingerprint density at radius 1 is 1.35 bits per heavy atom. The van der Waals surface area contributed by atoms with E-state index in [0.29, 0.717) is 0 Å². The first-order valence-corrected chi connectivity index (χ1v) is 7.53. The number of aryl methyl sites for hydroxylation is 2. The number of imidazole rings is 1. The fourth-order valence-electron chi connectivity index (χ4n) is 2.45. The molecule has 2 aromatic rings. The van der Waals surface area contributed by atoms with Crippen LogP contribution in [0.5, 0.6) is 0 Å². The number of nitrogens with one attached hydrogen (secondary N) is 1. The summed E-state index contributed by atoms with van der Waals surface area (Å²) in [6, 6.07) is 6.44. The van der Waals surface area contributed by atoms with Crippen molar-refractivity contribution in [1.82, 2.24) is 14.9 Å². The molecule has 1 N–H and O–H groups in total. The average Bonchev–Trinajstić information content (AvgIpc) is 2.85. The predicted octanol–water partition coefficient (Wildman–Crippen LogP) is 3.76. The molecule has 0 amide bonds. The quantitative estimate of drug-likeness (QED) is 0.878. The molecule has 20 heavy (non-hydrogen) atoms. The number of benzene rings is 1. The minimum atomic E-state index is 0.195. The van der Waals surface area contributed by atoms with Gasteiger partial charge in [-0.1, -0.05) is 30.7 Å². The smallest absolute Gasteiger partial charge is 0.110 e. The summed E-state index contributed by atoms with van der Waals surface area (Å²) < 4.78 is 2.17. The number of rotatable bonds is 6. The molecule has 0 fully saturated rings. The van der Waals surface area contributed by atoms with Gasteiger partial charge in [-0.05, 0) is 37.6 Å². The zero-order chi connectivity index (χ0) is 14.5. The Morgan fingerprint density at radius 3 is 2.80 bits per heavy atom. The highest BCUT2D eigenvalue weighted by Crippen LogP contribution is 2.26. The molecule has 0 saturated carbocycles. The summed E-state index contributed by atoms with van der Waals surface area (Å²) in [6.07, 6.45) is 4.73. The van der Waals surface area contributed by atoms with Crippen molar-refractivity contribution in [2.75, 3.05) is 6.54 Å². The second-order valence-corrected chi connectivity index (χ2v) is 5.38. The first-order chi connectivity index (χ1) is 9.65. The lowest BCUT2D eigenvalue weighted by Gasteiger charge is -2.20. The second kappa shape index (κ2) is 6.91. The molecule has 0 spiro atoms. The lowest BCUT2D eigenvalue weighted by atomic mass is 10.0. The highest BCUT2D eigenvalue weighted by atomic mass is 35.5. The molecule has 0 bridgehead atoms. The van der Waals surface area contributed by atoms with Gasteiger partial charge in [0.2, 0.25) is 0 Å². The lowest BCUT2D eigenvalue weighted by Crippen LogP contribution is -2.24. The fraction of sp³-hybridized carbons (Fsp3) is 0.438. The molecule has 1 unspecified atom stereocenters. The van der Waals surface area contributed by atoms with Crippen LogP contribution in [0.2, 0.25) is 5.02 Å². The molecule has 0 aliphatic carbocycles. The zero-order valence-electron chi connectivity index (χ0n) is 12.4. The molecule has 108 valence electrons. The summed E-state index contributed by atoms with van der Waals surface area (Å²) in [4.78, 5) is 4.46. The van der Waals surface area contributed by atoms with Crippen molar-refractivity contribution < 1.29 is 0 Å². The SMILES string of the molecule is CCNC(Cc1nccn1CC)c1ccc(C)cc1Cl. The van der Waals surface area contributed by atoms with Crippen molar-refractivity contribution in [1.29, 1.82) is 0 Å². The summed E-state index contributed by atoms with van der Waals surface area (Å²) >= 11 is 6.41. The molecule has 0 aliphatic heterocycles. The molecule has 0 saturated heterocycles. The largest absolute Gasteiger partial charge is 0.335 e. The first-order valence-electron chi connectivity index (χ1n) is 7.15. The van der Waals surface area contributed by atoms with E-state index in [1.165, 1.54) is 5.56 Å². The van der Waals surface area contributed by atoms with Crippen LogP contribution in [0.1, 0.15) is 36.8 Å². The topological polar surface area (TPSA) is 29.9 Å². The van der Waals surface area contributed by atoms with Crippen LogP contribution < -0.4 is 5.32 Å². The third-order valence-corrected chi connectivity index (χ3v) is 3.84. The highest BCUT2D eigenvalue weighted by molar-refractivity contribution is 6.31. The maximum atomic E-state index is 6.41. The van der Waals surface area contributed by atoms with Crippen molar-refractivity contribution in [2.45, 2.75) is 39.8 Å². The number of hydrogen-bond donors (Lipinski definition) is 1. The van der Waals surface area contributed by atoms with Crippen molar-refractivity contribution in [3.8, 4) is 0 Å². The minimum Gasteiger partial charge on any atom is -0.335 e. The Bertz CT molecular complexity index is 563. The summed E-state index contributed by atoms with van der Waals surface area (Å²) in [7, 11) is 0. The Morgan fingerprint density at radius 2 is 2.15 bits per heavy atom. The average molecular weight is 292 g/mol. The van der Waals surface area contributed by atoms with Gasteiger partial charge < -0.3 is 9.88 Å². The van der Waals surface area contributed by atoms with E-state index in [-0.39, 0.29) is 6.04 Å². The van der Waals surface area contributed by atoms with Gasteiger partial charge in [0.05, 0.1) is 0 Å². The van der Waals surface area contributed by atoms with Crippen molar-refractivity contribution in [3.63, 3.8) is 0 Å². The summed E-state index contributed by atoms with van der Waals surface area (Å²) in [5.74, 6) is 1.09. The standard InChI is InChI=1S/C16H22ClN3/c1-4-18-15(11-16-19-8-9-20(16)5-2)13-7-6-12(3)10-14(13)17/h6-10,15,18H,4-5,11H2,1-3H3. The van der Waals surface area contributed by atoms with Gasteiger partial charge in [-0.3, -0.25) is 0 Å². The third-order valence-electron chi connectivity index (χ3n) is 3.51. The van der Waals surface area contributed by atoms with Gasteiger partial charge in [0.15, 0.2) is 0 Å². The maximum absolute atomic E-state index is 6.41. The van der Waals surface area contributed by atoms with Gasteiger partial charge in [-0.15, -0.1) is 0 Å². The van der Waals surface area contributed by atoms with Crippen LogP contribution >= 0.6 is 11.6 Å². The van der Waals surface area contributed by atoms with Crippen LogP contribution in [0.3, 0.4) is 0 Å². The fourth-order valence-corrected chi connectivity index (χ4v) is 2.82. The molecule has 1 atom stereocenters. The second-order valence-electron chi connectivity index (χ2n) is 4.97. The molecule has 1 aromatic carbocycles. The van der Waals surface area contributed by atoms with Crippen LogP contribution in [0.25, 0.3) is 0 Å². The Balaban J connectivity index is 2.27. The maximum Gasteiger partial charge on any atom is 0.110 e. The molecular weight excluding hydrogens is 270 g/mol. The number of likely N-dealkylation sites (N-methyl/N-ethyl adjacent to an activating group) is 1. The van der Waals surface area contributed by atoms with E-state index >= 15 is 0 Å². The Kier molecular flexibility index (Phi) is 5.21. The summed E-state index contributed by atoms with van der Waals surface area (Å²) in [6.45, 7) is 8.15. The van der Waals surface area contributed by atoms with Gasteiger partial charge in [-0.2, -0.15) is 0 Å². The van der Waals surface area contributed by atoms with Gasteiger partial charge in [-0.25, -0.2) is 4.98 Å². The van der Waals surface area contributed by atoms with Gasteiger partial charge in [0, 0.05) is 36.4 Å². The van der Waals surface area contributed by atoms with Crippen LogP contribution in [0.15, 0.2) is 30.6 Å². The van der Waals surface area contributed by atoms with E-state index in [2.05, 4.69) is 47.8 Å². The normalized spacial score (nSPS) is 12.6. The number of aromatic nitrogens is 2. The van der Waals surface area contributed by atoms with Gasteiger partial charge >= 0.3 is 0 Å². The van der Waals surface area contributed by atoms with Gasteiger partial charge in [0.25, 0.3) is 0 Å². The summed E-state index contributed by atoms with van der Waals surface area (Å²) in [5.41, 5.74) is 2.33. The van der Waals surface area contributed by atoms with Crippen molar-refractivity contribution >= 4 is 11.6 Å². The summed E-state index contributed by atoms with van der Waals surface area (Å²) in [5, 5.41) is 4.34. The van der Waals surface area contributed by atoms with Crippen molar-refractivity contribution in [2.24, 2.45) is 0 Å². The lowest BCUT2D eigenvalue weighted by molar-refractivity contribution is 0.522. The van der Waals surface area contributed by atoms with E-state index in [1.54, 1.807) is 0 Å². The Hall–Kier alpha value is -1.32. The van der Waals surface area contributed by atoms with Crippen LogP contribution in [-0.4, -0.2) is 16.1 Å². The monoisotopic (exact) mass is 291 g/mol. The zero-order valence-corrected chi connectivity index (χ0v) is 13.1. The highest BCUT2D eigenvalue weighted by Gasteiger charge is 2.16. The van der Waals surface area contributed by atoms with Crippen LogP contribution in [-0.2, 0) is 13.0 Å². The molecule has 4 heteroatoms. The molecule has 3 nitrogen and oxygen atoms in total. The number of halogens is 1. The van der Waals surface area contributed by atoms with Crippen LogP contribution in [0, 0.1) is 6.92 Å². The van der Waals surface area contributed by atoms with Crippen molar-refractivity contribution in [3.05, 3.63) is 52.6 Å². The van der Waals surface area contributed by atoms with E-state index < -0.39 is 0 Å². The minimum absolute atomic E-state index is 0.195. The van der Waals surface area contributed by atoms with Gasteiger partial charge in [0.1, 0.15) is 5.82 Å².